The van der Waals surface area contributed by atoms with E-state index in [0.717, 1.165) is 17.0 Å². The summed E-state index contributed by atoms with van der Waals surface area (Å²) in [7, 11) is 0. The topological polar surface area (TPSA) is 133 Å². The first-order valence-electron chi connectivity index (χ1n) is 12.9. The average Bonchev–Trinajstić information content (AvgIpc) is 3.32. The largest absolute Gasteiger partial charge is 0.450 e. The lowest BCUT2D eigenvalue weighted by atomic mass is 10.2. The number of anilines is 2. The van der Waals surface area contributed by atoms with Crippen LogP contribution in [0.2, 0.25) is 0 Å². The van der Waals surface area contributed by atoms with Gasteiger partial charge in [0.15, 0.2) is 11.6 Å². The van der Waals surface area contributed by atoms with Gasteiger partial charge in [0, 0.05) is 63.7 Å². The highest BCUT2D eigenvalue weighted by Crippen LogP contribution is 2.31. The van der Waals surface area contributed by atoms with Crippen LogP contribution >= 0.6 is 0 Å². The molecule has 2 aliphatic heterocycles. The molecule has 2 aliphatic rings. The lowest BCUT2D eigenvalue weighted by molar-refractivity contribution is -0.131. The van der Waals surface area contributed by atoms with Crippen molar-refractivity contribution in [3.63, 3.8) is 0 Å². The number of rotatable bonds is 9. The van der Waals surface area contributed by atoms with Crippen LogP contribution in [0, 0.1) is 11.6 Å². The Bertz CT molecular complexity index is 1220. The second-order valence-electron chi connectivity index (χ2n) is 9.09. The summed E-state index contributed by atoms with van der Waals surface area (Å²) in [6.45, 7) is 2.88. The number of aromatic nitrogens is 1. The van der Waals surface area contributed by atoms with E-state index in [0.29, 0.717) is 5.56 Å². The van der Waals surface area contributed by atoms with Crippen LogP contribution in [0.15, 0.2) is 36.7 Å². The van der Waals surface area contributed by atoms with Gasteiger partial charge in [-0.1, -0.05) is 0 Å². The summed E-state index contributed by atoms with van der Waals surface area (Å²) in [6.07, 6.45) is 0.919. The zero-order chi connectivity index (χ0) is 28.6. The summed E-state index contributed by atoms with van der Waals surface area (Å²) in [5.41, 5.74) is 0.142. The first kappa shape index (κ1) is 28.5. The number of ether oxygens (including phenoxy) is 2. The van der Waals surface area contributed by atoms with Crippen LogP contribution in [0.1, 0.15) is 23.7 Å². The van der Waals surface area contributed by atoms with Crippen molar-refractivity contribution in [1.82, 2.24) is 20.5 Å². The standard InChI is InChI=1S/C26H30F2N6O6/c1-2-39-25(37)31-15-19-16-34(26(38)40-19)18-12-20(27)23(21(28)13-18)33-10-8-32(9-11-33)22(35)5-7-30-24(36)17-4-3-6-29-14-17/h3-4,6,12-14,19H,2,5,7-11,15-16H2,1H3,(H,30,36)(H,31,37). The fourth-order valence-electron chi connectivity index (χ4n) is 4.45. The van der Waals surface area contributed by atoms with Gasteiger partial charge in [0.25, 0.3) is 5.91 Å². The molecule has 14 heteroatoms. The maximum Gasteiger partial charge on any atom is 0.414 e. The fourth-order valence-corrected chi connectivity index (χ4v) is 4.45. The summed E-state index contributed by atoms with van der Waals surface area (Å²) in [5, 5.41) is 5.13. The van der Waals surface area contributed by atoms with Crippen molar-refractivity contribution in [3.8, 4) is 0 Å². The third-order valence-electron chi connectivity index (χ3n) is 6.43. The minimum atomic E-state index is -0.853. The quantitative estimate of drug-likeness (QED) is 0.475. The molecular weight excluding hydrogens is 530 g/mol. The minimum Gasteiger partial charge on any atom is -0.450 e. The van der Waals surface area contributed by atoms with E-state index in [4.69, 9.17) is 9.47 Å². The van der Waals surface area contributed by atoms with Crippen molar-refractivity contribution in [2.75, 3.05) is 62.2 Å². The molecule has 1 aromatic heterocycles. The van der Waals surface area contributed by atoms with Crippen molar-refractivity contribution in [2.45, 2.75) is 19.4 Å². The van der Waals surface area contributed by atoms with Crippen LogP contribution < -0.4 is 20.4 Å². The Balaban J connectivity index is 1.28. The van der Waals surface area contributed by atoms with Gasteiger partial charge in [-0.25, -0.2) is 18.4 Å². The molecule has 2 N–H and O–H groups in total. The molecule has 1 atom stereocenters. The Morgan fingerprint density at radius 2 is 1.85 bits per heavy atom. The molecule has 3 heterocycles. The third-order valence-corrected chi connectivity index (χ3v) is 6.43. The van der Waals surface area contributed by atoms with Crippen LogP contribution in [-0.2, 0) is 14.3 Å². The Kier molecular flexibility index (Phi) is 9.30. The number of pyridine rings is 1. The van der Waals surface area contributed by atoms with E-state index in [1.54, 1.807) is 30.2 Å². The van der Waals surface area contributed by atoms with E-state index in [9.17, 15) is 19.2 Å². The van der Waals surface area contributed by atoms with Crippen LogP contribution in [0.5, 0.6) is 0 Å². The number of nitrogens with one attached hydrogen (secondary N) is 2. The molecule has 1 unspecified atom stereocenters. The zero-order valence-corrected chi connectivity index (χ0v) is 21.9. The summed E-state index contributed by atoms with van der Waals surface area (Å²) in [6, 6.07) is 5.38. The Labute approximate surface area is 229 Å². The Morgan fingerprint density at radius 1 is 1.12 bits per heavy atom. The second-order valence-corrected chi connectivity index (χ2v) is 9.09. The van der Waals surface area contributed by atoms with Gasteiger partial charge in [-0.15, -0.1) is 0 Å². The molecular formula is C26H30F2N6O6. The van der Waals surface area contributed by atoms with Gasteiger partial charge in [-0.05, 0) is 19.1 Å². The monoisotopic (exact) mass is 560 g/mol. The van der Waals surface area contributed by atoms with Gasteiger partial charge in [0.05, 0.1) is 30.9 Å². The maximum atomic E-state index is 15.1. The molecule has 0 spiro atoms. The summed E-state index contributed by atoms with van der Waals surface area (Å²) in [5.74, 6) is -2.21. The predicted octanol–water partition coefficient (Wildman–Crippen LogP) is 1.90. The van der Waals surface area contributed by atoms with Crippen LogP contribution in [-0.4, -0.2) is 92.4 Å². The molecule has 2 aromatic rings. The number of benzene rings is 1. The molecule has 4 amide bonds. The molecule has 0 saturated carbocycles. The summed E-state index contributed by atoms with van der Waals surface area (Å²) in [4.78, 5) is 56.5. The number of carbonyl (C=O) groups excluding carboxylic acids is 4. The predicted molar refractivity (Wildman–Crippen MR) is 139 cm³/mol. The molecule has 214 valence electrons. The number of hydrogen-bond acceptors (Lipinski definition) is 8. The van der Waals surface area contributed by atoms with Gasteiger partial charge < -0.3 is 29.9 Å². The molecule has 0 radical (unpaired) electrons. The molecule has 2 saturated heterocycles. The van der Waals surface area contributed by atoms with Crippen molar-refractivity contribution >= 4 is 35.4 Å². The Morgan fingerprint density at radius 3 is 2.50 bits per heavy atom. The highest BCUT2D eigenvalue weighted by atomic mass is 19.1. The third kappa shape index (κ3) is 6.93. The molecule has 12 nitrogen and oxygen atoms in total. The fraction of sp³-hybridized carbons (Fsp3) is 0.423. The van der Waals surface area contributed by atoms with E-state index in [2.05, 4.69) is 15.6 Å². The number of alkyl carbamates (subject to hydrolysis) is 1. The van der Waals surface area contributed by atoms with Crippen LogP contribution in [0.25, 0.3) is 0 Å². The van der Waals surface area contributed by atoms with E-state index < -0.39 is 29.9 Å². The summed E-state index contributed by atoms with van der Waals surface area (Å²) < 4.78 is 40.1. The number of halogens is 2. The van der Waals surface area contributed by atoms with Gasteiger partial charge in [0.2, 0.25) is 5.91 Å². The smallest absolute Gasteiger partial charge is 0.414 e. The van der Waals surface area contributed by atoms with Crippen molar-refractivity contribution in [3.05, 3.63) is 53.9 Å². The zero-order valence-electron chi connectivity index (χ0n) is 21.9. The first-order chi connectivity index (χ1) is 19.3. The van der Waals surface area contributed by atoms with Crippen molar-refractivity contribution in [2.24, 2.45) is 0 Å². The molecule has 40 heavy (non-hydrogen) atoms. The number of carbonyl (C=O) groups is 4. The van der Waals surface area contributed by atoms with E-state index in [1.165, 1.54) is 11.1 Å². The maximum absolute atomic E-state index is 15.1. The summed E-state index contributed by atoms with van der Waals surface area (Å²) >= 11 is 0. The van der Waals surface area contributed by atoms with Crippen LogP contribution in [0.4, 0.5) is 29.7 Å². The Hall–Kier alpha value is -4.49. The molecule has 2 fully saturated rings. The number of hydrogen-bond donors (Lipinski definition) is 2. The number of cyclic esters (lactones) is 1. The van der Waals surface area contributed by atoms with E-state index >= 15 is 8.78 Å². The highest BCUT2D eigenvalue weighted by molar-refractivity contribution is 5.94. The molecule has 4 rings (SSSR count). The van der Waals surface area contributed by atoms with Crippen molar-refractivity contribution < 1.29 is 37.4 Å². The van der Waals surface area contributed by atoms with E-state index in [1.807, 2.05) is 0 Å². The SMILES string of the molecule is CCOC(=O)NCC1CN(c2cc(F)c(N3CCN(C(=O)CCNC(=O)c4cccnc4)CC3)c(F)c2)C(=O)O1. The van der Waals surface area contributed by atoms with Gasteiger partial charge in [-0.2, -0.15) is 0 Å². The van der Waals surface area contributed by atoms with Crippen molar-refractivity contribution in [1.29, 1.82) is 0 Å². The highest BCUT2D eigenvalue weighted by Gasteiger charge is 2.34. The average molecular weight is 561 g/mol. The van der Waals surface area contributed by atoms with Gasteiger partial charge >= 0.3 is 12.2 Å². The minimum absolute atomic E-state index is 0.00700. The first-order valence-corrected chi connectivity index (χ1v) is 12.9. The normalized spacial score (nSPS) is 16.9. The lowest BCUT2D eigenvalue weighted by Gasteiger charge is -2.36. The van der Waals surface area contributed by atoms with E-state index in [-0.39, 0.29) is 82.0 Å². The number of nitrogens with zero attached hydrogens (tertiary/aromatic N) is 4. The van der Waals surface area contributed by atoms with Crippen LogP contribution in [0.3, 0.4) is 0 Å². The van der Waals surface area contributed by atoms with Gasteiger partial charge in [0.1, 0.15) is 11.8 Å². The molecule has 0 bridgehead atoms. The molecule has 1 aromatic carbocycles. The number of amides is 4. The number of piperazine rings is 1. The van der Waals surface area contributed by atoms with Gasteiger partial charge in [-0.3, -0.25) is 19.5 Å². The lowest BCUT2D eigenvalue weighted by Crippen LogP contribution is -2.49. The second kappa shape index (κ2) is 13.0. The molecule has 0 aliphatic carbocycles.